The minimum absolute atomic E-state index is 0.727. The van der Waals surface area contributed by atoms with E-state index in [1.165, 1.54) is 5.69 Å². The second kappa shape index (κ2) is 4.19. The number of aromatic amines is 1. The van der Waals surface area contributed by atoms with Gasteiger partial charge >= 0.3 is 0 Å². The maximum Gasteiger partial charge on any atom is 0.0357 e. The topological polar surface area (TPSA) is 27.8 Å². The molecule has 2 heteroatoms. The van der Waals surface area contributed by atoms with Crippen LogP contribution in [0.15, 0.2) is 18.3 Å². The standard InChI is InChI=1S/C9H16N2/c1-8(2)6-10-7-9-4-3-5-11-9/h3-5,8,10-11H,6-7H2,1-2H3. The summed E-state index contributed by atoms with van der Waals surface area (Å²) >= 11 is 0. The molecule has 0 radical (unpaired) electrons. The van der Waals surface area contributed by atoms with Crippen molar-refractivity contribution in [3.8, 4) is 0 Å². The Morgan fingerprint density at radius 3 is 2.91 bits per heavy atom. The van der Waals surface area contributed by atoms with Crippen LogP contribution < -0.4 is 5.32 Å². The average molecular weight is 152 g/mol. The first-order valence-corrected chi connectivity index (χ1v) is 4.12. The highest BCUT2D eigenvalue weighted by molar-refractivity contribution is 5.02. The summed E-state index contributed by atoms with van der Waals surface area (Å²) in [5.74, 6) is 0.727. The molecule has 0 aromatic carbocycles. The van der Waals surface area contributed by atoms with Gasteiger partial charge in [-0.15, -0.1) is 0 Å². The van der Waals surface area contributed by atoms with Gasteiger partial charge in [-0.2, -0.15) is 0 Å². The van der Waals surface area contributed by atoms with Gasteiger partial charge in [-0.25, -0.2) is 0 Å². The normalized spacial score (nSPS) is 10.8. The van der Waals surface area contributed by atoms with Gasteiger partial charge in [0.25, 0.3) is 0 Å². The highest BCUT2D eigenvalue weighted by atomic mass is 14.9. The Balaban J connectivity index is 2.14. The van der Waals surface area contributed by atoms with Crippen LogP contribution in [0.1, 0.15) is 19.5 Å². The van der Waals surface area contributed by atoms with Crippen molar-refractivity contribution < 1.29 is 0 Å². The Labute approximate surface area is 68.0 Å². The van der Waals surface area contributed by atoms with Crippen LogP contribution in [0, 0.1) is 5.92 Å². The summed E-state index contributed by atoms with van der Waals surface area (Å²) in [5.41, 5.74) is 1.26. The highest BCUT2D eigenvalue weighted by Gasteiger charge is 1.93. The van der Waals surface area contributed by atoms with Gasteiger partial charge in [-0.05, 0) is 24.6 Å². The van der Waals surface area contributed by atoms with Crippen molar-refractivity contribution in [3.63, 3.8) is 0 Å². The zero-order valence-electron chi connectivity index (χ0n) is 7.22. The summed E-state index contributed by atoms with van der Waals surface area (Å²) in [4.78, 5) is 3.15. The van der Waals surface area contributed by atoms with Gasteiger partial charge in [-0.1, -0.05) is 13.8 Å². The molecule has 0 fully saturated rings. The number of hydrogen-bond donors (Lipinski definition) is 2. The van der Waals surface area contributed by atoms with Crippen LogP contribution >= 0.6 is 0 Å². The van der Waals surface area contributed by atoms with Crippen molar-refractivity contribution in [2.75, 3.05) is 6.54 Å². The van der Waals surface area contributed by atoms with Crippen molar-refractivity contribution >= 4 is 0 Å². The van der Waals surface area contributed by atoms with E-state index in [9.17, 15) is 0 Å². The average Bonchev–Trinajstić information content (AvgIpc) is 2.39. The van der Waals surface area contributed by atoms with E-state index < -0.39 is 0 Å². The van der Waals surface area contributed by atoms with Crippen LogP contribution in [0.2, 0.25) is 0 Å². The fraction of sp³-hybridized carbons (Fsp3) is 0.556. The van der Waals surface area contributed by atoms with Crippen molar-refractivity contribution in [2.24, 2.45) is 5.92 Å². The lowest BCUT2D eigenvalue weighted by atomic mass is 10.2. The summed E-state index contributed by atoms with van der Waals surface area (Å²) < 4.78 is 0. The first-order chi connectivity index (χ1) is 5.29. The minimum atomic E-state index is 0.727. The molecule has 1 aromatic rings. The van der Waals surface area contributed by atoms with Crippen LogP contribution in [-0.2, 0) is 6.54 Å². The Morgan fingerprint density at radius 2 is 2.36 bits per heavy atom. The molecule has 0 atom stereocenters. The lowest BCUT2D eigenvalue weighted by Crippen LogP contribution is -2.18. The Kier molecular flexibility index (Phi) is 3.17. The number of H-pyrrole nitrogens is 1. The van der Waals surface area contributed by atoms with E-state index in [2.05, 4.69) is 30.2 Å². The van der Waals surface area contributed by atoms with Crippen LogP contribution in [0.4, 0.5) is 0 Å². The minimum Gasteiger partial charge on any atom is -0.364 e. The monoisotopic (exact) mass is 152 g/mol. The van der Waals surface area contributed by atoms with Gasteiger partial charge < -0.3 is 10.3 Å². The quantitative estimate of drug-likeness (QED) is 0.676. The van der Waals surface area contributed by atoms with Gasteiger partial charge in [0.1, 0.15) is 0 Å². The lowest BCUT2D eigenvalue weighted by Gasteiger charge is -2.05. The smallest absolute Gasteiger partial charge is 0.0357 e. The van der Waals surface area contributed by atoms with Crippen molar-refractivity contribution in [3.05, 3.63) is 24.0 Å². The summed E-state index contributed by atoms with van der Waals surface area (Å²) in [6.45, 7) is 6.45. The first kappa shape index (κ1) is 8.34. The Bertz CT molecular complexity index is 177. The maximum absolute atomic E-state index is 3.36. The van der Waals surface area contributed by atoms with Gasteiger partial charge in [0, 0.05) is 18.4 Å². The SMILES string of the molecule is CC(C)CNCc1ccc[nH]1. The van der Waals surface area contributed by atoms with Crippen molar-refractivity contribution in [1.29, 1.82) is 0 Å². The second-order valence-electron chi connectivity index (χ2n) is 3.22. The summed E-state index contributed by atoms with van der Waals surface area (Å²) in [6.07, 6.45) is 1.95. The van der Waals surface area contributed by atoms with Gasteiger partial charge in [0.2, 0.25) is 0 Å². The van der Waals surface area contributed by atoms with Gasteiger partial charge in [0.05, 0.1) is 0 Å². The zero-order valence-corrected chi connectivity index (χ0v) is 7.22. The Hall–Kier alpha value is -0.760. The molecule has 0 saturated heterocycles. The predicted molar refractivity (Wildman–Crippen MR) is 47.3 cm³/mol. The van der Waals surface area contributed by atoms with Crippen LogP contribution in [0.25, 0.3) is 0 Å². The van der Waals surface area contributed by atoms with Crippen molar-refractivity contribution in [1.82, 2.24) is 10.3 Å². The molecule has 1 rings (SSSR count). The molecule has 0 saturated carbocycles. The summed E-state index contributed by atoms with van der Waals surface area (Å²) in [6, 6.07) is 4.11. The van der Waals surface area contributed by atoms with Crippen LogP contribution in [0.3, 0.4) is 0 Å². The fourth-order valence-corrected chi connectivity index (χ4v) is 0.973. The molecule has 1 aromatic heterocycles. The molecule has 0 spiro atoms. The van der Waals surface area contributed by atoms with E-state index in [1.807, 2.05) is 12.3 Å². The van der Waals surface area contributed by atoms with E-state index >= 15 is 0 Å². The molecule has 2 N–H and O–H groups in total. The number of aromatic nitrogens is 1. The molecule has 0 aliphatic carbocycles. The van der Waals surface area contributed by atoms with E-state index in [0.717, 1.165) is 19.0 Å². The lowest BCUT2D eigenvalue weighted by molar-refractivity contribution is 0.549. The molecule has 62 valence electrons. The Morgan fingerprint density at radius 1 is 1.55 bits per heavy atom. The van der Waals surface area contributed by atoms with Crippen LogP contribution in [0.5, 0.6) is 0 Å². The molecular weight excluding hydrogens is 136 g/mol. The maximum atomic E-state index is 3.36. The predicted octanol–water partition coefficient (Wildman–Crippen LogP) is 1.76. The van der Waals surface area contributed by atoms with Gasteiger partial charge in [0.15, 0.2) is 0 Å². The zero-order chi connectivity index (χ0) is 8.10. The van der Waals surface area contributed by atoms with E-state index in [0.29, 0.717) is 0 Å². The largest absolute Gasteiger partial charge is 0.364 e. The summed E-state index contributed by atoms with van der Waals surface area (Å²) in [5, 5.41) is 3.36. The van der Waals surface area contributed by atoms with E-state index in [4.69, 9.17) is 0 Å². The van der Waals surface area contributed by atoms with Crippen molar-refractivity contribution in [2.45, 2.75) is 20.4 Å². The molecule has 0 amide bonds. The summed E-state index contributed by atoms with van der Waals surface area (Å²) in [7, 11) is 0. The third-order valence-electron chi connectivity index (χ3n) is 1.53. The highest BCUT2D eigenvalue weighted by Crippen LogP contribution is 1.94. The number of nitrogens with one attached hydrogen (secondary N) is 2. The molecule has 2 nitrogen and oxygen atoms in total. The molecule has 11 heavy (non-hydrogen) atoms. The number of hydrogen-bond acceptors (Lipinski definition) is 1. The second-order valence-corrected chi connectivity index (χ2v) is 3.22. The van der Waals surface area contributed by atoms with E-state index in [-0.39, 0.29) is 0 Å². The molecule has 1 heterocycles. The third-order valence-corrected chi connectivity index (χ3v) is 1.53. The van der Waals surface area contributed by atoms with Gasteiger partial charge in [-0.3, -0.25) is 0 Å². The molecular formula is C9H16N2. The third kappa shape index (κ3) is 3.23. The van der Waals surface area contributed by atoms with E-state index in [1.54, 1.807) is 0 Å². The molecule has 0 unspecified atom stereocenters. The van der Waals surface area contributed by atoms with Crippen LogP contribution in [-0.4, -0.2) is 11.5 Å². The fourth-order valence-electron chi connectivity index (χ4n) is 0.973. The first-order valence-electron chi connectivity index (χ1n) is 4.12. The number of rotatable bonds is 4. The molecule has 0 bridgehead atoms. The molecule has 0 aliphatic rings. The molecule has 0 aliphatic heterocycles.